The highest BCUT2D eigenvalue weighted by atomic mass is 32.2. The van der Waals surface area contributed by atoms with Gasteiger partial charge >= 0.3 is 0 Å². The quantitative estimate of drug-likeness (QED) is 0.483. The summed E-state index contributed by atoms with van der Waals surface area (Å²) >= 11 is 1.21. The molecular formula is C22H18N2O4S2. The van der Waals surface area contributed by atoms with Crippen molar-refractivity contribution in [3.05, 3.63) is 72.8 Å². The van der Waals surface area contributed by atoms with Crippen molar-refractivity contribution in [3.63, 3.8) is 0 Å². The monoisotopic (exact) mass is 438 g/mol. The van der Waals surface area contributed by atoms with Crippen molar-refractivity contribution >= 4 is 42.4 Å². The van der Waals surface area contributed by atoms with Crippen LogP contribution in [-0.4, -0.2) is 32.2 Å². The minimum absolute atomic E-state index is 0.172. The first kappa shape index (κ1) is 20.1. The Hall–Kier alpha value is -3.23. The van der Waals surface area contributed by atoms with Gasteiger partial charge in [0.25, 0.3) is 5.91 Å². The first-order chi connectivity index (χ1) is 14.4. The highest BCUT2D eigenvalue weighted by molar-refractivity contribution is 7.90. The molecule has 4 aromatic rings. The molecule has 0 aliphatic heterocycles. The third-order valence-electron chi connectivity index (χ3n) is 4.37. The van der Waals surface area contributed by atoms with Crippen LogP contribution in [0.25, 0.3) is 21.3 Å². The summed E-state index contributed by atoms with van der Waals surface area (Å²) < 4.78 is 29.9. The van der Waals surface area contributed by atoms with Gasteiger partial charge in [0.05, 0.1) is 15.1 Å². The van der Waals surface area contributed by atoms with Crippen LogP contribution < -0.4 is 10.1 Å². The fourth-order valence-electron chi connectivity index (χ4n) is 2.94. The van der Waals surface area contributed by atoms with Crippen LogP contribution in [0.5, 0.6) is 5.75 Å². The van der Waals surface area contributed by atoms with Crippen molar-refractivity contribution in [1.82, 2.24) is 4.98 Å². The van der Waals surface area contributed by atoms with E-state index in [4.69, 9.17) is 4.74 Å². The maximum Gasteiger partial charge on any atom is 0.264 e. The van der Waals surface area contributed by atoms with Crippen LogP contribution in [0.4, 0.5) is 5.13 Å². The second kappa shape index (κ2) is 8.25. The summed E-state index contributed by atoms with van der Waals surface area (Å²) in [5, 5.41) is 3.10. The van der Waals surface area contributed by atoms with Gasteiger partial charge in [0.1, 0.15) is 5.75 Å². The number of thiazole rings is 1. The molecule has 3 aromatic carbocycles. The Morgan fingerprint density at radius 1 is 1.03 bits per heavy atom. The molecule has 8 heteroatoms. The average molecular weight is 439 g/mol. The lowest BCUT2D eigenvalue weighted by Crippen LogP contribution is -2.20. The number of carbonyl (C=O) groups is 1. The number of hydrogen-bond donors (Lipinski definition) is 1. The van der Waals surface area contributed by atoms with Gasteiger partial charge in [-0.3, -0.25) is 10.1 Å². The minimum Gasteiger partial charge on any atom is -0.483 e. The number of sulfone groups is 1. The van der Waals surface area contributed by atoms with Gasteiger partial charge < -0.3 is 4.74 Å². The molecular weight excluding hydrogens is 420 g/mol. The number of nitrogens with one attached hydrogen (secondary N) is 1. The molecule has 0 saturated heterocycles. The SMILES string of the molecule is CS(=O)(=O)c1ccc2nc(NC(=O)COc3ccccc3-c3ccccc3)sc2c1. The van der Waals surface area contributed by atoms with Crippen LogP contribution in [-0.2, 0) is 14.6 Å². The van der Waals surface area contributed by atoms with E-state index in [1.807, 2.05) is 54.6 Å². The van der Waals surface area contributed by atoms with Crippen LogP contribution >= 0.6 is 11.3 Å². The van der Waals surface area contributed by atoms with Gasteiger partial charge in [-0.25, -0.2) is 13.4 Å². The maximum atomic E-state index is 12.4. The van der Waals surface area contributed by atoms with E-state index in [0.717, 1.165) is 17.4 Å². The summed E-state index contributed by atoms with van der Waals surface area (Å²) in [6, 6.07) is 22.0. The number of rotatable bonds is 6. The summed E-state index contributed by atoms with van der Waals surface area (Å²) in [6.45, 7) is -0.172. The molecule has 0 aliphatic rings. The second-order valence-electron chi connectivity index (χ2n) is 6.62. The molecule has 4 rings (SSSR count). The van der Waals surface area contributed by atoms with Crippen molar-refractivity contribution in [1.29, 1.82) is 0 Å². The fourth-order valence-corrected chi connectivity index (χ4v) is 4.58. The fraction of sp³-hybridized carbons (Fsp3) is 0.0909. The van der Waals surface area contributed by atoms with E-state index in [9.17, 15) is 13.2 Å². The lowest BCUT2D eigenvalue weighted by Gasteiger charge is -2.11. The third kappa shape index (κ3) is 4.50. The van der Waals surface area contributed by atoms with Crippen LogP contribution in [0, 0.1) is 0 Å². The summed E-state index contributed by atoms with van der Waals surface area (Å²) in [6.07, 6.45) is 1.16. The summed E-state index contributed by atoms with van der Waals surface area (Å²) in [4.78, 5) is 16.9. The topological polar surface area (TPSA) is 85.4 Å². The molecule has 0 fully saturated rings. The number of carbonyl (C=O) groups excluding carboxylic acids is 1. The van der Waals surface area contributed by atoms with Crippen LogP contribution in [0.2, 0.25) is 0 Å². The highest BCUT2D eigenvalue weighted by Gasteiger charge is 2.13. The second-order valence-corrected chi connectivity index (χ2v) is 9.67. The van der Waals surface area contributed by atoms with Gasteiger partial charge in [-0.15, -0.1) is 0 Å². The Morgan fingerprint density at radius 3 is 2.53 bits per heavy atom. The predicted molar refractivity (Wildman–Crippen MR) is 119 cm³/mol. The minimum atomic E-state index is -3.30. The number of hydrogen-bond acceptors (Lipinski definition) is 6. The zero-order valence-corrected chi connectivity index (χ0v) is 17.7. The lowest BCUT2D eigenvalue weighted by molar-refractivity contribution is -0.118. The van der Waals surface area contributed by atoms with E-state index in [1.54, 1.807) is 12.1 Å². The number of para-hydroxylation sites is 1. The first-order valence-electron chi connectivity index (χ1n) is 9.08. The van der Waals surface area contributed by atoms with Gasteiger partial charge in [-0.2, -0.15) is 0 Å². The Morgan fingerprint density at radius 2 is 1.77 bits per heavy atom. The molecule has 0 atom stereocenters. The van der Waals surface area contributed by atoms with Crippen molar-refractivity contribution in [2.75, 3.05) is 18.2 Å². The molecule has 0 spiro atoms. The number of aromatic nitrogens is 1. The highest BCUT2D eigenvalue weighted by Crippen LogP contribution is 2.30. The van der Waals surface area contributed by atoms with Gasteiger partial charge in [0.2, 0.25) is 0 Å². The number of fused-ring (bicyclic) bond motifs is 1. The van der Waals surface area contributed by atoms with Gasteiger partial charge in [0, 0.05) is 11.8 Å². The Kier molecular flexibility index (Phi) is 5.52. The van der Waals surface area contributed by atoms with Crippen molar-refractivity contribution in [2.24, 2.45) is 0 Å². The molecule has 0 unspecified atom stereocenters. The molecule has 0 radical (unpaired) electrons. The third-order valence-corrected chi connectivity index (χ3v) is 6.41. The summed E-state index contributed by atoms with van der Waals surface area (Å²) in [7, 11) is -3.30. The normalized spacial score (nSPS) is 11.4. The van der Waals surface area contributed by atoms with Crippen molar-refractivity contribution in [2.45, 2.75) is 4.90 Å². The van der Waals surface area contributed by atoms with Crippen molar-refractivity contribution in [3.8, 4) is 16.9 Å². The molecule has 0 bridgehead atoms. The van der Waals surface area contributed by atoms with Crippen LogP contribution in [0.15, 0.2) is 77.7 Å². The number of amides is 1. The van der Waals surface area contributed by atoms with E-state index in [1.165, 1.54) is 17.4 Å². The molecule has 1 aromatic heterocycles. The molecule has 152 valence electrons. The Labute approximate surface area is 178 Å². The molecule has 1 heterocycles. The van der Waals surface area contributed by atoms with E-state index in [-0.39, 0.29) is 17.4 Å². The maximum absolute atomic E-state index is 12.4. The number of benzene rings is 3. The average Bonchev–Trinajstić information content (AvgIpc) is 3.14. The number of anilines is 1. The number of nitrogens with zero attached hydrogens (tertiary/aromatic N) is 1. The molecule has 0 aliphatic carbocycles. The molecule has 1 amide bonds. The molecule has 1 N–H and O–H groups in total. The van der Waals surface area contributed by atoms with E-state index < -0.39 is 9.84 Å². The van der Waals surface area contributed by atoms with Gasteiger partial charge in [-0.1, -0.05) is 59.9 Å². The predicted octanol–water partition coefficient (Wildman–Crippen LogP) is 4.38. The number of ether oxygens (including phenoxy) is 1. The lowest BCUT2D eigenvalue weighted by atomic mass is 10.1. The largest absolute Gasteiger partial charge is 0.483 e. The molecule has 6 nitrogen and oxygen atoms in total. The first-order valence-corrected chi connectivity index (χ1v) is 11.8. The van der Waals surface area contributed by atoms with E-state index >= 15 is 0 Å². The van der Waals surface area contributed by atoms with E-state index in [2.05, 4.69) is 10.3 Å². The zero-order valence-electron chi connectivity index (χ0n) is 16.0. The van der Waals surface area contributed by atoms with Crippen LogP contribution in [0.3, 0.4) is 0 Å². The standard InChI is InChI=1S/C22H18N2O4S2/c1-30(26,27)16-11-12-18-20(13-16)29-22(23-18)24-21(25)14-28-19-10-6-5-9-17(19)15-7-3-2-4-8-15/h2-13H,14H2,1H3,(H,23,24,25). The Balaban J connectivity index is 1.46. The van der Waals surface area contributed by atoms with Crippen molar-refractivity contribution < 1.29 is 17.9 Å². The van der Waals surface area contributed by atoms with Gasteiger partial charge in [-0.05, 0) is 29.8 Å². The molecule has 30 heavy (non-hydrogen) atoms. The molecule has 0 saturated carbocycles. The smallest absolute Gasteiger partial charge is 0.264 e. The van der Waals surface area contributed by atoms with E-state index in [0.29, 0.717) is 21.1 Å². The summed E-state index contributed by atoms with van der Waals surface area (Å²) in [5.41, 5.74) is 2.53. The Bertz CT molecular complexity index is 1320. The van der Waals surface area contributed by atoms with Crippen LogP contribution in [0.1, 0.15) is 0 Å². The summed E-state index contributed by atoms with van der Waals surface area (Å²) in [5.74, 6) is 0.265. The van der Waals surface area contributed by atoms with Gasteiger partial charge in [0.15, 0.2) is 21.6 Å². The zero-order chi connectivity index (χ0) is 21.1.